The van der Waals surface area contributed by atoms with Crippen molar-refractivity contribution in [3.63, 3.8) is 0 Å². The Morgan fingerprint density at radius 1 is 1.44 bits per heavy atom. The molecule has 5 heteroatoms. The molecule has 0 spiro atoms. The van der Waals surface area contributed by atoms with Crippen LogP contribution in [0.5, 0.6) is 0 Å². The van der Waals surface area contributed by atoms with Crippen LogP contribution in [-0.2, 0) is 26.3 Å². The second-order valence-electron chi connectivity index (χ2n) is 4.48. The molecule has 0 bridgehead atoms. The van der Waals surface area contributed by atoms with E-state index in [0.29, 0.717) is 6.42 Å². The Morgan fingerprint density at radius 3 is 2.89 bits per heavy atom. The molecule has 0 heterocycles. The van der Waals surface area contributed by atoms with Crippen molar-refractivity contribution in [2.24, 2.45) is 5.73 Å². The predicted octanol–water partition coefficient (Wildman–Crippen LogP) is 0.766. The monoisotopic (exact) mass is 265 g/mol. The predicted molar refractivity (Wildman–Crippen MR) is 69.2 cm³/mol. The molecular weight excluding hydrogens is 250 g/mol. The average Bonchev–Trinajstić information content (AvgIpc) is 2.65. The van der Waals surface area contributed by atoms with Gasteiger partial charge in [0.2, 0.25) is 0 Å². The summed E-state index contributed by atoms with van der Waals surface area (Å²) in [6.07, 6.45) is 6.37. The van der Waals surface area contributed by atoms with Crippen LogP contribution >= 0.6 is 0 Å². The van der Waals surface area contributed by atoms with Gasteiger partial charge in [0.15, 0.2) is 0 Å². The highest BCUT2D eigenvalue weighted by molar-refractivity contribution is 7.86. The van der Waals surface area contributed by atoms with Crippen molar-refractivity contribution in [1.82, 2.24) is 0 Å². The van der Waals surface area contributed by atoms with Crippen molar-refractivity contribution in [2.45, 2.75) is 18.4 Å². The number of rotatable bonds is 4. The van der Waals surface area contributed by atoms with Crippen molar-refractivity contribution in [1.29, 1.82) is 0 Å². The maximum Gasteiger partial charge on any atom is 0.270 e. The summed E-state index contributed by atoms with van der Waals surface area (Å²) in [6, 6.07) is 7.63. The van der Waals surface area contributed by atoms with Gasteiger partial charge >= 0.3 is 0 Å². The van der Waals surface area contributed by atoms with Crippen molar-refractivity contribution >= 4 is 10.1 Å². The zero-order valence-corrected chi connectivity index (χ0v) is 10.7. The van der Waals surface area contributed by atoms with E-state index in [1.165, 1.54) is 0 Å². The molecule has 1 aromatic rings. The lowest BCUT2D eigenvalue weighted by Gasteiger charge is -2.24. The number of terminal acetylenes is 1. The van der Waals surface area contributed by atoms with Gasteiger partial charge in [-0.05, 0) is 24.0 Å². The first-order valence-electron chi connectivity index (χ1n) is 5.65. The molecule has 0 aliphatic heterocycles. The van der Waals surface area contributed by atoms with E-state index in [1.54, 1.807) is 0 Å². The van der Waals surface area contributed by atoms with E-state index in [9.17, 15) is 8.42 Å². The van der Waals surface area contributed by atoms with Crippen LogP contribution in [0.25, 0.3) is 0 Å². The molecule has 1 unspecified atom stereocenters. The van der Waals surface area contributed by atoms with Crippen LogP contribution in [0, 0.1) is 12.3 Å². The van der Waals surface area contributed by atoms with Crippen molar-refractivity contribution in [2.75, 3.05) is 12.4 Å². The summed E-state index contributed by atoms with van der Waals surface area (Å²) in [7, 11) is -3.70. The fraction of sp³-hybridized carbons (Fsp3) is 0.385. The summed E-state index contributed by atoms with van der Waals surface area (Å²) in [6.45, 7) is -0.250. The van der Waals surface area contributed by atoms with Crippen LogP contribution in [-0.4, -0.2) is 20.8 Å². The SMILES string of the molecule is C#CCOS(=O)(=O)CC1(N)CCc2ccccc21. The lowest BCUT2D eigenvalue weighted by atomic mass is 9.95. The number of fused-ring (bicyclic) bond motifs is 1. The first-order valence-corrected chi connectivity index (χ1v) is 7.22. The zero-order valence-electron chi connectivity index (χ0n) is 9.93. The standard InChI is InChI=1S/C13H15NO3S/c1-2-9-17-18(15,16)10-13(14)8-7-11-5-3-4-6-12(11)13/h1,3-6H,7-10,14H2. The Kier molecular flexibility index (Phi) is 3.44. The molecule has 0 radical (unpaired) electrons. The summed E-state index contributed by atoms with van der Waals surface area (Å²) in [5, 5.41) is 0. The van der Waals surface area contributed by atoms with E-state index in [1.807, 2.05) is 24.3 Å². The maximum absolute atomic E-state index is 11.8. The van der Waals surface area contributed by atoms with Crippen molar-refractivity contribution in [3.8, 4) is 12.3 Å². The third-order valence-electron chi connectivity index (χ3n) is 3.15. The minimum Gasteiger partial charge on any atom is -0.320 e. The fourth-order valence-corrected chi connectivity index (χ4v) is 3.61. The van der Waals surface area contributed by atoms with Crippen LogP contribution < -0.4 is 5.73 Å². The first kappa shape index (κ1) is 13.1. The first-order chi connectivity index (χ1) is 8.47. The van der Waals surface area contributed by atoms with Crippen LogP contribution in [0.3, 0.4) is 0 Å². The second kappa shape index (κ2) is 4.73. The van der Waals surface area contributed by atoms with Gasteiger partial charge in [0.1, 0.15) is 6.61 Å². The van der Waals surface area contributed by atoms with E-state index < -0.39 is 15.7 Å². The van der Waals surface area contributed by atoms with Gasteiger partial charge in [-0.3, -0.25) is 4.18 Å². The van der Waals surface area contributed by atoms with E-state index in [0.717, 1.165) is 17.5 Å². The molecule has 0 aromatic heterocycles. The van der Waals surface area contributed by atoms with Gasteiger partial charge in [-0.2, -0.15) is 8.42 Å². The molecule has 0 fully saturated rings. The molecule has 2 rings (SSSR count). The van der Waals surface area contributed by atoms with Crippen LogP contribution in [0.4, 0.5) is 0 Å². The van der Waals surface area contributed by atoms with Gasteiger partial charge in [0, 0.05) is 0 Å². The third kappa shape index (κ3) is 2.56. The largest absolute Gasteiger partial charge is 0.320 e. The average molecular weight is 265 g/mol. The lowest BCUT2D eigenvalue weighted by molar-refractivity contribution is 0.350. The second-order valence-corrected chi connectivity index (χ2v) is 6.12. The fourth-order valence-electron chi connectivity index (χ4n) is 2.35. The van der Waals surface area contributed by atoms with Gasteiger partial charge in [-0.15, -0.1) is 6.42 Å². The lowest BCUT2D eigenvalue weighted by Crippen LogP contribution is -2.41. The van der Waals surface area contributed by atoms with Gasteiger partial charge in [0.05, 0.1) is 11.3 Å². The minimum atomic E-state index is -3.70. The Morgan fingerprint density at radius 2 is 2.17 bits per heavy atom. The molecule has 1 aromatic carbocycles. The summed E-state index contributed by atoms with van der Waals surface area (Å²) >= 11 is 0. The molecule has 96 valence electrons. The maximum atomic E-state index is 11.8. The molecular formula is C13H15NO3S. The van der Waals surface area contributed by atoms with Crippen LogP contribution in [0.2, 0.25) is 0 Å². The molecule has 1 atom stereocenters. The Hall–Kier alpha value is -1.35. The van der Waals surface area contributed by atoms with Crippen molar-refractivity contribution < 1.29 is 12.6 Å². The quantitative estimate of drug-likeness (QED) is 0.645. The number of benzene rings is 1. The molecule has 0 saturated heterocycles. The van der Waals surface area contributed by atoms with Gasteiger partial charge < -0.3 is 5.73 Å². The Labute approximate surface area is 107 Å². The van der Waals surface area contributed by atoms with Crippen LogP contribution in [0.15, 0.2) is 24.3 Å². The highest BCUT2D eigenvalue weighted by Gasteiger charge is 2.39. The van der Waals surface area contributed by atoms with E-state index in [2.05, 4.69) is 10.1 Å². The highest BCUT2D eigenvalue weighted by atomic mass is 32.2. The zero-order chi connectivity index (χ0) is 13.2. The van der Waals surface area contributed by atoms with E-state index >= 15 is 0 Å². The smallest absolute Gasteiger partial charge is 0.270 e. The molecule has 1 aliphatic rings. The summed E-state index contributed by atoms with van der Waals surface area (Å²) in [5.74, 6) is 1.90. The van der Waals surface area contributed by atoms with Crippen molar-refractivity contribution in [3.05, 3.63) is 35.4 Å². The summed E-state index contributed by atoms with van der Waals surface area (Å²) < 4.78 is 28.2. The summed E-state index contributed by atoms with van der Waals surface area (Å²) in [4.78, 5) is 0. The number of hydrogen-bond donors (Lipinski definition) is 1. The topological polar surface area (TPSA) is 69.4 Å². The molecule has 0 amide bonds. The number of nitrogens with two attached hydrogens (primary N) is 1. The van der Waals surface area contributed by atoms with E-state index in [-0.39, 0.29) is 12.4 Å². The molecule has 18 heavy (non-hydrogen) atoms. The summed E-state index contributed by atoms with van der Waals surface area (Å²) in [5.41, 5.74) is 7.34. The van der Waals surface area contributed by atoms with Crippen LogP contribution in [0.1, 0.15) is 17.5 Å². The van der Waals surface area contributed by atoms with Gasteiger partial charge in [-0.1, -0.05) is 30.2 Å². The molecule has 4 nitrogen and oxygen atoms in total. The Bertz CT molecular complexity index is 588. The van der Waals surface area contributed by atoms with Gasteiger partial charge in [0.25, 0.3) is 10.1 Å². The molecule has 0 saturated carbocycles. The highest BCUT2D eigenvalue weighted by Crippen LogP contribution is 2.35. The minimum absolute atomic E-state index is 0.237. The van der Waals surface area contributed by atoms with E-state index in [4.69, 9.17) is 12.2 Å². The number of aryl methyl sites for hydroxylation is 1. The van der Waals surface area contributed by atoms with Gasteiger partial charge in [-0.25, -0.2) is 0 Å². The normalized spacial score (nSPS) is 22.4. The molecule has 2 N–H and O–H groups in total. The Balaban J connectivity index is 2.23. The molecule has 1 aliphatic carbocycles. The third-order valence-corrected chi connectivity index (χ3v) is 4.50. The number of hydrogen-bond acceptors (Lipinski definition) is 4.